The minimum Gasteiger partial charge on any atom is -0.465 e. The van der Waals surface area contributed by atoms with Gasteiger partial charge in [-0.3, -0.25) is 9.59 Å². The van der Waals surface area contributed by atoms with Gasteiger partial charge in [0.05, 0.1) is 24.2 Å². The summed E-state index contributed by atoms with van der Waals surface area (Å²) in [7, 11) is 0. The lowest BCUT2D eigenvalue weighted by Crippen LogP contribution is -2.41. The monoisotopic (exact) mass is 534 g/mol. The van der Waals surface area contributed by atoms with Crippen LogP contribution in [0, 0.1) is 12.8 Å². The summed E-state index contributed by atoms with van der Waals surface area (Å²) in [6.07, 6.45) is -0.0213. The van der Waals surface area contributed by atoms with E-state index in [1.165, 1.54) is 18.0 Å². The number of benzene rings is 1. The van der Waals surface area contributed by atoms with Crippen molar-refractivity contribution in [2.45, 2.75) is 69.6 Å². The van der Waals surface area contributed by atoms with E-state index in [9.17, 15) is 22.8 Å². The molecule has 7 nitrogen and oxygen atoms in total. The SMILES string of the molecule is CCOC(=O)C1C2=C(CCCC2)SC1NC(=O)c1cnn2c1NC(c1ccc(C)cc1)CC2C(F)(F)F. The second kappa shape index (κ2) is 10.1. The third-order valence-corrected chi connectivity index (χ3v) is 8.58. The summed E-state index contributed by atoms with van der Waals surface area (Å²) in [4.78, 5) is 27.4. The number of rotatable bonds is 5. The number of carbonyl (C=O) groups is 2. The van der Waals surface area contributed by atoms with Gasteiger partial charge in [-0.1, -0.05) is 29.8 Å². The summed E-state index contributed by atoms with van der Waals surface area (Å²) in [5.41, 5.74) is 2.72. The maximum Gasteiger partial charge on any atom is 0.410 e. The summed E-state index contributed by atoms with van der Waals surface area (Å²) in [5, 5.41) is 9.40. The number of aryl methyl sites for hydroxylation is 1. The Morgan fingerprint density at radius 1 is 1.22 bits per heavy atom. The number of alkyl halides is 3. The molecule has 3 aliphatic rings. The third-order valence-electron chi connectivity index (χ3n) is 7.18. The number of aromatic nitrogens is 2. The molecule has 1 aromatic heterocycles. The fraction of sp³-hybridized carbons (Fsp3) is 0.500. The fourth-order valence-corrected chi connectivity index (χ4v) is 6.86. The Bertz CT molecular complexity index is 1220. The fourth-order valence-electron chi connectivity index (χ4n) is 5.33. The van der Waals surface area contributed by atoms with Crippen LogP contribution in [0.5, 0.6) is 0 Å². The summed E-state index contributed by atoms with van der Waals surface area (Å²) < 4.78 is 48.3. The molecule has 5 rings (SSSR count). The number of carbonyl (C=O) groups excluding carboxylic acids is 2. The first kappa shape index (κ1) is 25.7. The van der Waals surface area contributed by atoms with Gasteiger partial charge in [-0.15, -0.1) is 11.8 Å². The number of thioether (sulfide) groups is 1. The van der Waals surface area contributed by atoms with E-state index in [1.54, 1.807) is 19.1 Å². The minimum atomic E-state index is -4.54. The van der Waals surface area contributed by atoms with Gasteiger partial charge >= 0.3 is 12.1 Å². The summed E-state index contributed by atoms with van der Waals surface area (Å²) >= 11 is 1.44. The van der Waals surface area contributed by atoms with Crippen LogP contribution in [0.3, 0.4) is 0 Å². The molecule has 2 N–H and O–H groups in total. The zero-order chi connectivity index (χ0) is 26.3. The molecular weight excluding hydrogens is 505 g/mol. The molecule has 0 spiro atoms. The van der Waals surface area contributed by atoms with Crippen LogP contribution in [-0.2, 0) is 9.53 Å². The molecule has 2 aromatic rings. The lowest BCUT2D eigenvalue weighted by atomic mass is 9.89. The Hall–Kier alpha value is -2.95. The van der Waals surface area contributed by atoms with Gasteiger partial charge in [0.2, 0.25) is 0 Å². The molecule has 0 saturated heterocycles. The first-order valence-corrected chi connectivity index (χ1v) is 13.4. The first-order chi connectivity index (χ1) is 17.7. The Labute approximate surface area is 217 Å². The molecule has 1 aliphatic carbocycles. The number of halogens is 3. The van der Waals surface area contributed by atoms with Crippen LogP contribution < -0.4 is 10.6 Å². The highest BCUT2D eigenvalue weighted by atomic mass is 32.2. The van der Waals surface area contributed by atoms with Crippen LogP contribution in [0.4, 0.5) is 19.0 Å². The van der Waals surface area contributed by atoms with Gasteiger partial charge in [-0.05, 0) is 55.6 Å². The predicted octanol–water partition coefficient (Wildman–Crippen LogP) is 5.66. The number of esters is 1. The molecule has 0 bridgehead atoms. The summed E-state index contributed by atoms with van der Waals surface area (Å²) in [6.45, 7) is 3.87. The van der Waals surface area contributed by atoms with Crippen molar-refractivity contribution in [2.75, 3.05) is 11.9 Å². The zero-order valence-corrected chi connectivity index (χ0v) is 21.4. The van der Waals surface area contributed by atoms with E-state index >= 15 is 0 Å². The van der Waals surface area contributed by atoms with Gasteiger partial charge < -0.3 is 15.4 Å². The van der Waals surface area contributed by atoms with Gasteiger partial charge in [0.25, 0.3) is 5.91 Å². The minimum absolute atomic E-state index is 0.0131. The Morgan fingerprint density at radius 2 is 1.95 bits per heavy atom. The molecule has 37 heavy (non-hydrogen) atoms. The Balaban J connectivity index is 1.43. The molecule has 1 aromatic carbocycles. The maximum absolute atomic E-state index is 14.0. The number of nitrogens with zero attached hydrogens (tertiary/aromatic N) is 2. The van der Waals surface area contributed by atoms with E-state index in [0.29, 0.717) is 5.56 Å². The number of amides is 1. The Morgan fingerprint density at radius 3 is 2.65 bits per heavy atom. The lowest BCUT2D eigenvalue weighted by molar-refractivity contribution is -0.173. The van der Waals surface area contributed by atoms with Crippen LogP contribution in [-0.4, -0.2) is 39.8 Å². The average Bonchev–Trinajstić information content (AvgIpc) is 3.44. The zero-order valence-electron chi connectivity index (χ0n) is 20.6. The number of ether oxygens (including phenoxy) is 1. The van der Waals surface area contributed by atoms with Crippen molar-refractivity contribution in [2.24, 2.45) is 5.92 Å². The second-order valence-corrected chi connectivity index (χ2v) is 10.9. The number of anilines is 1. The smallest absolute Gasteiger partial charge is 0.410 e. The highest BCUT2D eigenvalue weighted by Gasteiger charge is 2.48. The van der Waals surface area contributed by atoms with E-state index in [4.69, 9.17) is 4.74 Å². The molecule has 0 saturated carbocycles. The molecule has 2 aliphatic heterocycles. The highest BCUT2D eigenvalue weighted by molar-refractivity contribution is 8.04. The van der Waals surface area contributed by atoms with E-state index in [0.717, 1.165) is 46.4 Å². The van der Waals surface area contributed by atoms with Crippen LogP contribution in [0.1, 0.15) is 72.6 Å². The normalized spacial score (nSPS) is 25.2. The largest absolute Gasteiger partial charge is 0.465 e. The van der Waals surface area contributed by atoms with Crippen molar-refractivity contribution < 1.29 is 27.5 Å². The molecule has 1 amide bonds. The van der Waals surface area contributed by atoms with Crippen molar-refractivity contribution in [3.63, 3.8) is 0 Å². The number of nitrogens with one attached hydrogen (secondary N) is 2. The molecule has 4 atom stereocenters. The van der Waals surface area contributed by atoms with Gasteiger partial charge in [-0.2, -0.15) is 18.3 Å². The number of hydrogen-bond acceptors (Lipinski definition) is 6. The number of fused-ring (bicyclic) bond motifs is 1. The van der Waals surface area contributed by atoms with Crippen molar-refractivity contribution in [1.29, 1.82) is 0 Å². The molecule has 0 radical (unpaired) electrons. The van der Waals surface area contributed by atoms with Gasteiger partial charge in [0, 0.05) is 6.42 Å². The van der Waals surface area contributed by atoms with Gasteiger partial charge in [0.1, 0.15) is 17.3 Å². The highest BCUT2D eigenvalue weighted by Crippen LogP contribution is 2.49. The second-order valence-electron chi connectivity index (χ2n) is 9.65. The molecule has 0 fully saturated rings. The van der Waals surface area contributed by atoms with Crippen molar-refractivity contribution in [1.82, 2.24) is 15.1 Å². The third kappa shape index (κ3) is 4.97. The van der Waals surface area contributed by atoms with Crippen LogP contribution in [0.15, 0.2) is 40.9 Å². The van der Waals surface area contributed by atoms with E-state index in [-0.39, 0.29) is 30.4 Å². The molecule has 11 heteroatoms. The van der Waals surface area contributed by atoms with E-state index in [1.807, 2.05) is 19.1 Å². The van der Waals surface area contributed by atoms with Crippen LogP contribution in [0.25, 0.3) is 0 Å². The van der Waals surface area contributed by atoms with Gasteiger partial charge in [0.15, 0.2) is 6.04 Å². The average molecular weight is 535 g/mol. The van der Waals surface area contributed by atoms with Crippen LogP contribution in [0.2, 0.25) is 0 Å². The van der Waals surface area contributed by atoms with Crippen molar-refractivity contribution >= 4 is 29.5 Å². The van der Waals surface area contributed by atoms with E-state index in [2.05, 4.69) is 15.7 Å². The van der Waals surface area contributed by atoms with Gasteiger partial charge in [-0.25, -0.2) is 4.68 Å². The van der Waals surface area contributed by atoms with Crippen LogP contribution >= 0.6 is 11.8 Å². The summed E-state index contributed by atoms with van der Waals surface area (Å²) in [5.74, 6) is -1.55. The topological polar surface area (TPSA) is 85.2 Å². The summed E-state index contributed by atoms with van der Waals surface area (Å²) in [6, 6.07) is 4.76. The van der Waals surface area contributed by atoms with E-state index < -0.39 is 35.5 Å². The molecule has 4 unspecified atom stereocenters. The quantitative estimate of drug-likeness (QED) is 0.482. The molecular formula is C26H29F3N4O3S. The van der Waals surface area contributed by atoms with Crippen molar-refractivity contribution in [3.05, 3.63) is 57.6 Å². The van der Waals surface area contributed by atoms with Crippen molar-refractivity contribution in [3.8, 4) is 0 Å². The number of allylic oxidation sites excluding steroid dienone is 1. The predicted molar refractivity (Wildman–Crippen MR) is 134 cm³/mol. The molecule has 198 valence electrons. The first-order valence-electron chi connectivity index (χ1n) is 12.5. The standard InChI is InChI=1S/C26H29F3N4O3S/c1-3-36-25(35)21-16-6-4-5-7-19(16)37-24(21)32-23(34)17-13-30-33-20(26(27,28)29)12-18(31-22(17)33)15-10-8-14(2)9-11-15/h8-11,13,18,20-21,24,31H,3-7,12H2,1-2H3,(H,32,34). The Kier molecular flexibility index (Phi) is 6.99. The maximum atomic E-state index is 14.0. The number of hydrogen-bond donors (Lipinski definition) is 2. The molecule has 3 heterocycles. The lowest BCUT2D eigenvalue weighted by Gasteiger charge is -2.34.